The van der Waals surface area contributed by atoms with Gasteiger partial charge in [0.1, 0.15) is 17.5 Å². The number of hydrogen-bond donors (Lipinski definition) is 3. The summed E-state index contributed by atoms with van der Waals surface area (Å²) in [5, 5.41) is 12.2. The Labute approximate surface area is 116 Å². The van der Waals surface area contributed by atoms with Gasteiger partial charge in [0.15, 0.2) is 0 Å². The maximum absolute atomic E-state index is 9.04. The highest BCUT2D eigenvalue weighted by atomic mass is 16.5. The SMILES string of the molecule is CCOc1nc(NCCc2cnc[nH]2)cc(N)c1C#N. The van der Waals surface area contributed by atoms with E-state index in [4.69, 9.17) is 15.7 Å². The number of rotatable bonds is 6. The third kappa shape index (κ3) is 3.17. The number of nitrogens with two attached hydrogens (primary N) is 1. The molecule has 2 rings (SSSR count). The van der Waals surface area contributed by atoms with Gasteiger partial charge in [0.2, 0.25) is 5.88 Å². The zero-order valence-corrected chi connectivity index (χ0v) is 11.2. The van der Waals surface area contributed by atoms with Crippen LogP contribution in [0.1, 0.15) is 18.2 Å². The van der Waals surface area contributed by atoms with Gasteiger partial charge in [-0.3, -0.25) is 0 Å². The Kier molecular flexibility index (Phi) is 4.39. The molecule has 0 fully saturated rings. The second kappa shape index (κ2) is 6.43. The van der Waals surface area contributed by atoms with Crippen LogP contribution in [0.25, 0.3) is 0 Å². The summed E-state index contributed by atoms with van der Waals surface area (Å²) in [4.78, 5) is 11.2. The molecule has 4 N–H and O–H groups in total. The summed E-state index contributed by atoms with van der Waals surface area (Å²) in [6.07, 6.45) is 4.19. The summed E-state index contributed by atoms with van der Waals surface area (Å²) in [6.45, 7) is 2.93. The number of ether oxygens (including phenoxy) is 1. The first kappa shape index (κ1) is 13.7. The van der Waals surface area contributed by atoms with Gasteiger partial charge in [-0.25, -0.2) is 4.98 Å². The molecule has 0 bridgehead atoms. The van der Waals surface area contributed by atoms with Crippen LogP contribution < -0.4 is 15.8 Å². The van der Waals surface area contributed by atoms with E-state index in [1.807, 2.05) is 13.0 Å². The first-order valence-corrected chi connectivity index (χ1v) is 6.29. The van der Waals surface area contributed by atoms with Crippen LogP contribution in [-0.4, -0.2) is 28.1 Å². The molecule has 0 radical (unpaired) electrons. The molecule has 104 valence electrons. The molecule has 2 aromatic heterocycles. The van der Waals surface area contributed by atoms with E-state index in [9.17, 15) is 0 Å². The molecule has 0 saturated carbocycles. The molecule has 0 saturated heterocycles. The average molecular weight is 272 g/mol. The molecule has 0 spiro atoms. The molecule has 2 aromatic rings. The van der Waals surface area contributed by atoms with Gasteiger partial charge in [0.25, 0.3) is 0 Å². The number of aromatic nitrogens is 3. The number of aromatic amines is 1. The number of anilines is 2. The maximum atomic E-state index is 9.04. The van der Waals surface area contributed by atoms with E-state index in [0.29, 0.717) is 24.7 Å². The predicted octanol–water partition coefficient (Wildman–Crippen LogP) is 1.31. The fourth-order valence-corrected chi connectivity index (χ4v) is 1.73. The summed E-state index contributed by atoms with van der Waals surface area (Å²) >= 11 is 0. The molecule has 7 nitrogen and oxygen atoms in total. The number of nitriles is 1. The Bertz CT molecular complexity index is 602. The van der Waals surface area contributed by atoms with E-state index in [0.717, 1.165) is 12.1 Å². The average Bonchev–Trinajstić information content (AvgIpc) is 2.92. The van der Waals surface area contributed by atoms with E-state index in [-0.39, 0.29) is 11.4 Å². The van der Waals surface area contributed by atoms with Gasteiger partial charge in [-0.1, -0.05) is 0 Å². The largest absolute Gasteiger partial charge is 0.477 e. The minimum atomic E-state index is 0.263. The Morgan fingerprint density at radius 1 is 1.55 bits per heavy atom. The van der Waals surface area contributed by atoms with Crippen molar-refractivity contribution in [3.05, 3.63) is 29.8 Å². The molecule has 0 aromatic carbocycles. The van der Waals surface area contributed by atoms with E-state index >= 15 is 0 Å². The third-order valence-corrected chi connectivity index (χ3v) is 2.66. The Balaban J connectivity index is 2.06. The molecule has 2 heterocycles. The number of nitrogens with one attached hydrogen (secondary N) is 2. The second-order valence-electron chi connectivity index (χ2n) is 4.08. The minimum absolute atomic E-state index is 0.263. The van der Waals surface area contributed by atoms with Crippen molar-refractivity contribution in [2.45, 2.75) is 13.3 Å². The first-order valence-electron chi connectivity index (χ1n) is 6.29. The molecular formula is C13H16N6O. The van der Waals surface area contributed by atoms with Crippen molar-refractivity contribution in [3.63, 3.8) is 0 Å². The zero-order valence-electron chi connectivity index (χ0n) is 11.2. The third-order valence-electron chi connectivity index (χ3n) is 2.66. The molecule has 20 heavy (non-hydrogen) atoms. The zero-order chi connectivity index (χ0) is 14.4. The summed E-state index contributed by atoms with van der Waals surface area (Å²) in [5.41, 5.74) is 7.49. The highest BCUT2D eigenvalue weighted by molar-refractivity contribution is 5.64. The number of H-pyrrole nitrogens is 1. The van der Waals surface area contributed by atoms with E-state index in [1.54, 1.807) is 18.6 Å². The lowest BCUT2D eigenvalue weighted by Crippen LogP contribution is -2.09. The van der Waals surface area contributed by atoms with Crippen molar-refractivity contribution in [1.82, 2.24) is 15.0 Å². The van der Waals surface area contributed by atoms with Crippen LogP contribution in [0.15, 0.2) is 18.6 Å². The monoisotopic (exact) mass is 272 g/mol. The normalized spacial score (nSPS) is 10.0. The van der Waals surface area contributed by atoms with E-state index in [2.05, 4.69) is 20.3 Å². The molecule has 0 aliphatic rings. The summed E-state index contributed by atoms with van der Waals surface area (Å²) < 4.78 is 5.33. The maximum Gasteiger partial charge on any atom is 0.235 e. The van der Waals surface area contributed by atoms with Crippen molar-refractivity contribution in [3.8, 4) is 11.9 Å². The van der Waals surface area contributed by atoms with Crippen LogP contribution in [-0.2, 0) is 6.42 Å². The lowest BCUT2D eigenvalue weighted by molar-refractivity contribution is 0.326. The molecule has 0 amide bonds. The quantitative estimate of drug-likeness (QED) is 0.730. The minimum Gasteiger partial charge on any atom is -0.477 e. The van der Waals surface area contributed by atoms with Crippen molar-refractivity contribution in [2.24, 2.45) is 0 Å². The van der Waals surface area contributed by atoms with Crippen molar-refractivity contribution >= 4 is 11.5 Å². The van der Waals surface area contributed by atoms with Gasteiger partial charge in [-0.2, -0.15) is 10.2 Å². The molecular weight excluding hydrogens is 256 g/mol. The second-order valence-corrected chi connectivity index (χ2v) is 4.08. The topological polar surface area (TPSA) is 113 Å². The van der Waals surface area contributed by atoms with E-state index < -0.39 is 0 Å². The number of pyridine rings is 1. The number of imidazole rings is 1. The van der Waals surface area contributed by atoms with E-state index in [1.165, 1.54) is 0 Å². The van der Waals surface area contributed by atoms with Gasteiger partial charge in [0.05, 0.1) is 18.6 Å². The van der Waals surface area contributed by atoms with Gasteiger partial charge in [-0.15, -0.1) is 0 Å². The smallest absolute Gasteiger partial charge is 0.235 e. The lowest BCUT2D eigenvalue weighted by atomic mass is 10.2. The summed E-state index contributed by atoms with van der Waals surface area (Å²) in [6, 6.07) is 3.63. The summed E-state index contributed by atoms with van der Waals surface area (Å²) in [5.74, 6) is 0.850. The highest BCUT2D eigenvalue weighted by Crippen LogP contribution is 2.24. The van der Waals surface area contributed by atoms with Crippen LogP contribution in [0, 0.1) is 11.3 Å². The first-order chi connectivity index (χ1) is 9.74. The molecule has 0 atom stereocenters. The van der Waals surface area contributed by atoms with Crippen LogP contribution >= 0.6 is 0 Å². The van der Waals surface area contributed by atoms with Gasteiger partial charge >= 0.3 is 0 Å². The lowest BCUT2D eigenvalue weighted by Gasteiger charge is -2.10. The Morgan fingerprint density at radius 2 is 2.40 bits per heavy atom. The number of nitrogens with zero attached hydrogens (tertiary/aromatic N) is 3. The molecule has 0 unspecified atom stereocenters. The van der Waals surface area contributed by atoms with Gasteiger partial charge in [-0.05, 0) is 6.92 Å². The predicted molar refractivity (Wildman–Crippen MR) is 75.3 cm³/mol. The fourth-order valence-electron chi connectivity index (χ4n) is 1.73. The summed E-state index contributed by atoms with van der Waals surface area (Å²) in [7, 11) is 0. The van der Waals surface area contributed by atoms with Crippen molar-refractivity contribution in [1.29, 1.82) is 5.26 Å². The van der Waals surface area contributed by atoms with Crippen LogP contribution in [0.5, 0.6) is 5.88 Å². The van der Waals surface area contributed by atoms with Gasteiger partial charge in [0, 0.05) is 30.9 Å². The van der Waals surface area contributed by atoms with Crippen molar-refractivity contribution in [2.75, 3.05) is 24.2 Å². The van der Waals surface area contributed by atoms with Gasteiger partial charge < -0.3 is 20.8 Å². The van der Waals surface area contributed by atoms with Crippen LogP contribution in [0.4, 0.5) is 11.5 Å². The molecule has 0 aliphatic carbocycles. The molecule has 0 aliphatic heterocycles. The van der Waals surface area contributed by atoms with Crippen LogP contribution in [0.3, 0.4) is 0 Å². The fraction of sp³-hybridized carbons (Fsp3) is 0.308. The Morgan fingerprint density at radius 3 is 3.05 bits per heavy atom. The number of hydrogen-bond acceptors (Lipinski definition) is 6. The van der Waals surface area contributed by atoms with Crippen molar-refractivity contribution < 1.29 is 4.74 Å². The van der Waals surface area contributed by atoms with Crippen LogP contribution in [0.2, 0.25) is 0 Å². The number of nitrogen functional groups attached to an aromatic ring is 1. The highest BCUT2D eigenvalue weighted by Gasteiger charge is 2.11. The Hall–Kier alpha value is -2.75. The standard InChI is InChI=1S/C13H16N6O/c1-2-20-13-10(6-14)11(15)5-12(19-13)17-4-3-9-7-16-8-18-9/h5,7-8H,2-4H2,1H3,(H,16,18)(H3,15,17,19). The molecule has 7 heteroatoms.